The van der Waals surface area contributed by atoms with Gasteiger partial charge in [0, 0.05) is 39.5 Å². The van der Waals surface area contributed by atoms with Crippen LogP contribution < -0.4 is 4.90 Å². The van der Waals surface area contributed by atoms with Gasteiger partial charge in [-0.15, -0.1) is 0 Å². The third-order valence-electron chi connectivity index (χ3n) is 4.12. The molecular weight excluding hydrogens is 344 g/mol. The van der Waals surface area contributed by atoms with Crippen LogP contribution in [0.2, 0.25) is 0 Å². The van der Waals surface area contributed by atoms with Gasteiger partial charge in [-0.25, -0.2) is 8.42 Å². The van der Waals surface area contributed by atoms with Gasteiger partial charge in [0.25, 0.3) is 0 Å². The minimum absolute atomic E-state index is 0.333. The van der Waals surface area contributed by atoms with E-state index < -0.39 is 9.84 Å². The van der Waals surface area contributed by atoms with Gasteiger partial charge in [0.15, 0.2) is 15.7 Å². The minimum Gasteiger partial charge on any atom is -0.377 e. The Kier molecular flexibility index (Phi) is 5.36. The zero-order valence-corrected chi connectivity index (χ0v) is 15.2. The van der Waals surface area contributed by atoms with E-state index in [1.54, 1.807) is 19.2 Å². The molecule has 0 saturated carbocycles. The van der Waals surface area contributed by atoms with Crippen molar-refractivity contribution in [3.8, 4) is 0 Å². The average molecular weight is 366 g/mol. The molecule has 2 aromatic rings. The first-order valence-electron chi connectivity index (χ1n) is 8.04. The molecule has 0 bridgehead atoms. The van der Waals surface area contributed by atoms with E-state index in [0.29, 0.717) is 29.8 Å². The van der Waals surface area contributed by atoms with Crippen molar-refractivity contribution in [2.24, 2.45) is 0 Å². The molecule has 1 aliphatic heterocycles. The molecule has 1 fully saturated rings. The van der Waals surface area contributed by atoms with E-state index in [4.69, 9.17) is 9.26 Å². The lowest BCUT2D eigenvalue weighted by atomic mass is 10.2. The number of rotatable bonds is 6. The highest BCUT2D eigenvalue weighted by molar-refractivity contribution is 7.90. The summed E-state index contributed by atoms with van der Waals surface area (Å²) < 4.78 is 34.2. The van der Waals surface area contributed by atoms with E-state index in [2.05, 4.69) is 19.9 Å². The summed E-state index contributed by atoms with van der Waals surface area (Å²) >= 11 is 0. The minimum atomic E-state index is -3.25. The SMILES string of the molecule is COCc1noc(CN2CCN(c3ccccc3S(C)(=O)=O)CC2)n1. The molecule has 0 unspecified atom stereocenters. The van der Waals surface area contributed by atoms with E-state index in [-0.39, 0.29) is 0 Å². The van der Waals surface area contributed by atoms with Crippen molar-refractivity contribution in [1.82, 2.24) is 15.0 Å². The second-order valence-corrected chi connectivity index (χ2v) is 8.02. The largest absolute Gasteiger partial charge is 0.377 e. The van der Waals surface area contributed by atoms with Crippen LogP contribution >= 0.6 is 0 Å². The molecule has 1 aromatic carbocycles. The molecule has 3 rings (SSSR count). The Morgan fingerprint density at radius 3 is 2.60 bits per heavy atom. The molecule has 8 nitrogen and oxygen atoms in total. The summed E-state index contributed by atoms with van der Waals surface area (Å²) in [5.41, 5.74) is 0.768. The second kappa shape index (κ2) is 7.51. The first-order valence-corrected chi connectivity index (χ1v) is 9.93. The topological polar surface area (TPSA) is 88.8 Å². The number of hydrogen-bond donors (Lipinski definition) is 0. The fourth-order valence-electron chi connectivity index (χ4n) is 2.91. The maximum absolute atomic E-state index is 12.0. The molecular formula is C16H22N4O4S. The van der Waals surface area contributed by atoms with Crippen LogP contribution in [0, 0.1) is 0 Å². The zero-order chi connectivity index (χ0) is 17.9. The lowest BCUT2D eigenvalue weighted by Crippen LogP contribution is -2.46. The first-order chi connectivity index (χ1) is 12.0. The number of anilines is 1. The Hall–Kier alpha value is -1.97. The van der Waals surface area contributed by atoms with Crippen molar-refractivity contribution in [2.45, 2.75) is 18.0 Å². The lowest BCUT2D eigenvalue weighted by molar-refractivity contribution is 0.174. The Labute approximate surface area is 147 Å². The predicted molar refractivity (Wildman–Crippen MR) is 92.1 cm³/mol. The van der Waals surface area contributed by atoms with Crippen molar-refractivity contribution in [3.63, 3.8) is 0 Å². The highest BCUT2D eigenvalue weighted by Gasteiger charge is 2.23. The van der Waals surface area contributed by atoms with Crippen molar-refractivity contribution in [3.05, 3.63) is 36.0 Å². The van der Waals surface area contributed by atoms with E-state index in [9.17, 15) is 8.42 Å². The lowest BCUT2D eigenvalue weighted by Gasteiger charge is -2.36. The standard InChI is InChI=1S/C16H22N4O4S/c1-23-12-15-17-16(24-18-15)11-19-7-9-20(10-8-19)13-5-3-4-6-14(13)25(2,21)22/h3-6H,7-12H2,1-2H3. The second-order valence-electron chi connectivity index (χ2n) is 6.04. The zero-order valence-electron chi connectivity index (χ0n) is 14.4. The molecule has 0 amide bonds. The van der Waals surface area contributed by atoms with Gasteiger partial charge in [-0.1, -0.05) is 17.3 Å². The molecule has 2 heterocycles. The fraction of sp³-hybridized carbons (Fsp3) is 0.500. The van der Waals surface area contributed by atoms with Crippen LogP contribution in [0.1, 0.15) is 11.7 Å². The number of nitrogens with zero attached hydrogens (tertiary/aromatic N) is 4. The molecule has 0 N–H and O–H groups in total. The summed E-state index contributed by atoms with van der Waals surface area (Å²) in [7, 11) is -1.66. The Morgan fingerprint density at radius 1 is 1.20 bits per heavy atom. The third-order valence-corrected chi connectivity index (χ3v) is 5.26. The number of sulfone groups is 1. The van der Waals surface area contributed by atoms with Crippen LogP contribution in [0.15, 0.2) is 33.7 Å². The van der Waals surface area contributed by atoms with Crippen LogP contribution in [0.3, 0.4) is 0 Å². The van der Waals surface area contributed by atoms with Crippen molar-refractivity contribution < 1.29 is 17.7 Å². The van der Waals surface area contributed by atoms with Crippen LogP contribution in [0.4, 0.5) is 5.69 Å². The number of benzene rings is 1. The smallest absolute Gasteiger partial charge is 0.240 e. The molecule has 1 saturated heterocycles. The summed E-state index contributed by atoms with van der Waals surface area (Å²) in [4.78, 5) is 8.98. The number of ether oxygens (including phenoxy) is 1. The maximum atomic E-state index is 12.0. The van der Waals surface area contributed by atoms with Gasteiger partial charge in [0.1, 0.15) is 6.61 Å². The quantitative estimate of drug-likeness (QED) is 0.746. The molecule has 25 heavy (non-hydrogen) atoms. The molecule has 0 spiro atoms. The number of aromatic nitrogens is 2. The molecule has 0 radical (unpaired) electrons. The molecule has 1 aromatic heterocycles. The average Bonchev–Trinajstić information content (AvgIpc) is 3.02. The number of para-hydroxylation sites is 1. The monoisotopic (exact) mass is 366 g/mol. The van der Waals surface area contributed by atoms with Crippen molar-refractivity contribution in [1.29, 1.82) is 0 Å². The Bertz CT molecular complexity index is 813. The van der Waals surface area contributed by atoms with Gasteiger partial charge in [0.05, 0.1) is 17.1 Å². The van der Waals surface area contributed by atoms with Gasteiger partial charge < -0.3 is 14.2 Å². The normalized spacial score (nSPS) is 16.3. The van der Waals surface area contributed by atoms with Crippen LogP contribution in [0.25, 0.3) is 0 Å². The highest BCUT2D eigenvalue weighted by atomic mass is 32.2. The third kappa shape index (κ3) is 4.36. The highest BCUT2D eigenvalue weighted by Crippen LogP contribution is 2.26. The number of hydrogen-bond acceptors (Lipinski definition) is 8. The van der Waals surface area contributed by atoms with E-state index in [0.717, 1.165) is 31.9 Å². The molecule has 1 aliphatic rings. The van der Waals surface area contributed by atoms with E-state index in [1.165, 1.54) is 6.26 Å². The molecule has 0 aliphatic carbocycles. The van der Waals surface area contributed by atoms with Crippen molar-refractivity contribution >= 4 is 15.5 Å². The van der Waals surface area contributed by atoms with Gasteiger partial charge in [-0.05, 0) is 12.1 Å². The number of piperazine rings is 1. The van der Waals surface area contributed by atoms with Gasteiger partial charge in [-0.3, -0.25) is 4.90 Å². The van der Waals surface area contributed by atoms with E-state index in [1.807, 2.05) is 12.1 Å². The molecule has 136 valence electrons. The maximum Gasteiger partial charge on any atom is 0.240 e. The van der Waals surface area contributed by atoms with Gasteiger partial charge >= 0.3 is 0 Å². The summed E-state index contributed by atoms with van der Waals surface area (Å²) in [6.45, 7) is 3.98. The predicted octanol–water partition coefficient (Wildman–Crippen LogP) is 0.942. The molecule has 0 atom stereocenters. The summed E-state index contributed by atoms with van der Waals surface area (Å²) in [6.07, 6.45) is 1.25. The van der Waals surface area contributed by atoms with Crippen LogP contribution in [0.5, 0.6) is 0 Å². The van der Waals surface area contributed by atoms with Gasteiger partial charge in [0.2, 0.25) is 5.89 Å². The summed E-state index contributed by atoms with van der Waals surface area (Å²) in [5, 5.41) is 3.86. The van der Waals surface area contributed by atoms with E-state index >= 15 is 0 Å². The first kappa shape index (κ1) is 17.8. The van der Waals surface area contributed by atoms with Gasteiger partial charge in [-0.2, -0.15) is 4.98 Å². The summed E-state index contributed by atoms with van der Waals surface area (Å²) in [6, 6.07) is 7.14. The Morgan fingerprint density at radius 2 is 1.92 bits per heavy atom. The Balaban J connectivity index is 1.62. The van der Waals surface area contributed by atoms with Crippen molar-refractivity contribution in [2.75, 3.05) is 44.4 Å². The van der Waals surface area contributed by atoms with Crippen LogP contribution in [-0.4, -0.2) is 63.0 Å². The summed E-state index contributed by atoms with van der Waals surface area (Å²) in [5.74, 6) is 1.11. The van der Waals surface area contributed by atoms with Crippen LogP contribution in [-0.2, 0) is 27.7 Å². The number of methoxy groups -OCH3 is 1. The fourth-order valence-corrected chi connectivity index (χ4v) is 3.82. The molecule has 9 heteroatoms.